The minimum atomic E-state index is -4.20. The van der Waals surface area contributed by atoms with Crippen LogP contribution in [0.15, 0.2) is 71.6 Å². The van der Waals surface area contributed by atoms with Crippen molar-refractivity contribution in [1.82, 2.24) is 0 Å². The normalized spacial score (nSPS) is 11.7. The first kappa shape index (κ1) is 26.8. The number of sulfonamides is 2. The van der Waals surface area contributed by atoms with Crippen LogP contribution in [0, 0.1) is 6.92 Å². The van der Waals surface area contributed by atoms with Gasteiger partial charge in [-0.3, -0.25) is 13.4 Å². The van der Waals surface area contributed by atoms with E-state index in [0.717, 1.165) is 20.4 Å². The van der Waals surface area contributed by atoms with Gasteiger partial charge in [-0.1, -0.05) is 53.0 Å². The van der Waals surface area contributed by atoms with Gasteiger partial charge >= 0.3 is 0 Å². The van der Waals surface area contributed by atoms with Gasteiger partial charge in [0.05, 0.1) is 32.6 Å². The van der Waals surface area contributed by atoms with Gasteiger partial charge in [-0.15, -0.1) is 0 Å². The zero-order chi connectivity index (χ0) is 26.0. The third-order valence-corrected chi connectivity index (χ3v) is 8.88. The molecule has 3 aromatic rings. The monoisotopic (exact) mass is 555 g/mol. The maximum absolute atomic E-state index is 13.5. The number of aryl methyl sites for hydroxylation is 1. The number of anilines is 3. The molecule has 0 aliphatic rings. The molecular formula is C23H23Cl2N3O5S2. The van der Waals surface area contributed by atoms with Crippen LogP contribution < -0.4 is 13.9 Å². The first-order valence-corrected chi connectivity index (χ1v) is 14.2. The van der Waals surface area contributed by atoms with E-state index in [-0.39, 0.29) is 26.3 Å². The summed E-state index contributed by atoms with van der Waals surface area (Å²) in [5, 5.41) is 2.72. The van der Waals surface area contributed by atoms with Gasteiger partial charge in [0.15, 0.2) is 0 Å². The van der Waals surface area contributed by atoms with Gasteiger partial charge < -0.3 is 5.32 Å². The van der Waals surface area contributed by atoms with Gasteiger partial charge in [-0.05, 0) is 49.4 Å². The van der Waals surface area contributed by atoms with Crippen molar-refractivity contribution < 1.29 is 21.6 Å². The zero-order valence-electron chi connectivity index (χ0n) is 19.1. The quantitative estimate of drug-likeness (QED) is 0.439. The number of nitrogens with one attached hydrogen (secondary N) is 1. The number of halogens is 2. The first-order valence-electron chi connectivity index (χ1n) is 10.2. The number of carbonyl (C=O) groups excluding carboxylic acids is 1. The van der Waals surface area contributed by atoms with Crippen LogP contribution in [0.4, 0.5) is 17.1 Å². The fourth-order valence-corrected chi connectivity index (χ4v) is 5.50. The Bertz CT molecular complexity index is 1460. The Hall–Kier alpha value is -2.79. The summed E-state index contributed by atoms with van der Waals surface area (Å²) in [4.78, 5) is 13.0. The number of hydrogen-bond donors (Lipinski definition) is 1. The SMILES string of the molecule is Cc1ccc(S(=O)(=O)N(CC(=O)Nc2cccc(N(C)S(C)(=O)=O)c2)c2cccc(Cl)c2Cl)cc1. The topological polar surface area (TPSA) is 104 Å². The van der Waals surface area contributed by atoms with E-state index in [4.69, 9.17) is 23.2 Å². The second-order valence-corrected chi connectivity index (χ2v) is 12.4. The van der Waals surface area contributed by atoms with Crippen LogP contribution in [0.25, 0.3) is 0 Å². The molecule has 3 rings (SSSR count). The molecule has 1 N–H and O–H groups in total. The largest absolute Gasteiger partial charge is 0.324 e. The predicted octanol–water partition coefficient (Wildman–Crippen LogP) is 4.53. The van der Waals surface area contributed by atoms with Crippen LogP contribution in [0.1, 0.15) is 5.56 Å². The van der Waals surface area contributed by atoms with Crippen molar-refractivity contribution in [3.05, 3.63) is 82.3 Å². The lowest BCUT2D eigenvalue weighted by molar-refractivity contribution is -0.114. The van der Waals surface area contributed by atoms with E-state index in [0.29, 0.717) is 5.69 Å². The van der Waals surface area contributed by atoms with E-state index in [9.17, 15) is 21.6 Å². The van der Waals surface area contributed by atoms with E-state index in [1.165, 1.54) is 43.4 Å². The van der Waals surface area contributed by atoms with Crippen molar-refractivity contribution in [2.45, 2.75) is 11.8 Å². The highest BCUT2D eigenvalue weighted by atomic mass is 35.5. The molecule has 0 fully saturated rings. The number of benzene rings is 3. The third kappa shape index (κ3) is 6.26. The molecule has 0 unspecified atom stereocenters. The number of carbonyl (C=O) groups is 1. The zero-order valence-corrected chi connectivity index (χ0v) is 22.2. The standard InChI is InChI=1S/C23H23Cl2N3O5S2/c1-16-10-12-19(13-11-16)35(32,33)28(21-9-5-8-20(24)23(21)25)15-22(29)26-17-6-4-7-18(14-17)27(2)34(3,30)31/h4-14H,15H2,1-3H3,(H,26,29). The van der Waals surface area contributed by atoms with E-state index < -0.39 is 32.5 Å². The lowest BCUT2D eigenvalue weighted by Crippen LogP contribution is -2.38. The Balaban J connectivity index is 1.96. The molecule has 1 amide bonds. The average molecular weight is 556 g/mol. The van der Waals surface area contributed by atoms with Crippen molar-refractivity contribution in [2.24, 2.45) is 0 Å². The van der Waals surface area contributed by atoms with Gasteiger partial charge in [-0.2, -0.15) is 0 Å². The van der Waals surface area contributed by atoms with Crippen molar-refractivity contribution in [2.75, 3.05) is 33.8 Å². The molecule has 8 nitrogen and oxygen atoms in total. The average Bonchev–Trinajstić information content (AvgIpc) is 2.79. The Morgan fingerprint density at radius 2 is 1.57 bits per heavy atom. The van der Waals surface area contributed by atoms with E-state index in [1.807, 2.05) is 6.92 Å². The van der Waals surface area contributed by atoms with Crippen molar-refractivity contribution >= 4 is 66.2 Å². The molecule has 0 radical (unpaired) electrons. The van der Waals surface area contributed by atoms with E-state index >= 15 is 0 Å². The van der Waals surface area contributed by atoms with Crippen molar-refractivity contribution in [3.63, 3.8) is 0 Å². The molecule has 0 spiro atoms. The van der Waals surface area contributed by atoms with Crippen molar-refractivity contribution in [3.8, 4) is 0 Å². The summed E-state index contributed by atoms with van der Waals surface area (Å²) < 4.78 is 52.7. The fourth-order valence-electron chi connectivity index (χ4n) is 3.12. The lowest BCUT2D eigenvalue weighted by Gasteiger charge is -2.25. The highest BCUT2D eigenvalue weighted by Crippen LogP contribution is 2.35. The molecule has 0 aromatic heterocycles. The number of nitrogens with zero attached hydrogens (tertiary/aromatic N) is 2. The summed E-state index contributed by atoms with van der Waals surface area (Å²) in [6.07, 6.45) is 1.06. The van der Waals surface area contributed by atoms with Crippen LogP contribution in [0.2, 0.25) is 10.0 Å². The Kier molecular flexibility index (Phi) is 8.00. The second kappa shape index (κ2) is 10.4. The molecular weight excluding hydrogens is 533 g/mol. The van der Waals surface area contributed by atoms with Gasteiger partial charge in [0, 0.05) is 12.7 Å². The Labute approximate surface area is 215 Å². The van der Waals surface area contributed by atoms with Crippen LogP contribution in [-0.2, 0) is 24.8 Å². The molecule has 0 saturated carbocycles. The van der Waals surface area contributed by atoms with E-state index in [2.05, 4.69) is 5.32 Å². The maximum Gasteiger partial charge on any atom is 0.264 e. The highest BCUT2D eigenvalue weighted by Gasteiger charge is 2.29. The number of hydrogen-bond acceptors (Lipinski definition) is 5. The van der Waals surface area contributed by atoms with Gasteiger partial charge in [0.1, 0.15) is 6.54 Å². The lowest BCUT2D eigenvalue weighted by atomic mass is 10.2. The Morgan fingerprint density at radius 1 is 0.943 bits per heavy atom. The molecule has 12 heteroatoms. The van der Waals surface area contributed by atoms with Crippen LogP contribution in [0.3, 0.4) is 0 Å². The summed E-state index contributed by atoms with van der Waals surface area (Å²) in [6, 6.07) is 16.8. The van der Waals surface area contributed by atoms with Gasteiger partial charge in [0.2, 0.25) is 15.9 Å². The molecule has 186 valence electrons. The maximum atomic E-state index is 13.5. The minimum Gasteiger partial charge on any atom is -0.324 e. The molecule has 3 aromatic carbocycles. The minimum absolute atomic E-state index is 0.0190. The van der Waals surface area contributed by atoms with Gasteiger partial charge in [0.25, 0.3) is 10.0 Å². The summed E-state index contributed by atoms with van der Waals surface area (Å²) >= 11 is 12.4. The second-order valence-electron chi connectivity index (χ2n) is 7.73. The van der Waals surface area contributed by atoms with Crippen LogP contribution >= 0.6 is 23.2 Å². The molecule has 0 saturated heterocycles. The first-order chi connectivity index (χ1) is 16.3. The highest BCUT2D eigenvalue weighted by molar-refractivity contribution is 7.93. The van der Waals surface area contributed by atoms with E-state index in [1.54, 1.807) is 30.3 Å². The number of amides is 1. The number of rotatable bonds is 8. The smallest absolute Gasteiger partial charge is 0.264 e. The summed E-state index contributed by atoms with van der Waals surface area (Å²) in [6.45, 7) is 1.22. The molecule has 0 bridgehead atoms. The molecule has 0 atom stereocenters. The molecule has 0 heterocycles. The van der Waals surface area contributed by atoms with Crippen LogP contribution in [0.5, 0.6) is 0 Å². The van der Waals surface area contributed by atoms with Crippen LogP contribution in [-0.4, -0.2) is 42.6 Å². The van der Waals surface area contributed by atoms with Crippen molar-refractivity contribution in [1.29, 1.82) is 0 Å². The summed E-state index contributed by atoms with van der Waals surface area (Å²) in [5.41, 5.74) is 1.52. The van der Waals surface area contributed by atoms with Gasteiger partial charge in [-0.25, -0.2) is 16.8 Å². The molecule has 35 heavy (non-hydrogen) atoms. The molecule has 0 aliphatic heterocycles. The summed E-state index contributed by atoms with van der Waals surface area (Å²) in [5.74, 6) is -0.670. The third-order valence-electron chi connectivity index (χ3n) is 5.09. The fraction of sp³-hybridized carbons (Fsp3) is 0.174. The molecule has 0 aliphatic carbocycles. The predicted molar refractivity (Wildman–Crippen MR) is 140 cm³/mol. The summed E-state index contributed by atoms with van der Waals surface area (Å²) in [7, 11) is -6.33. The Morgan fingerprint density at radius 3 is 2.20 bits per heavy atom.